The first kappa shape index (κ1) is 21.7. The number of carboxylic acid groups (broad SMARTS) is 1. The Morgan fingerprint density at radius 2 is 2.04 bits per heavy atom. The number of rotatable bonds is 2. The molecule has 0 bridgehead atoms. The fraction of sp³-hybridized carbons (Fsp3) is 0.588. The number of ether oxygens (including phenoxy) is 2. The predicted molar refractivity (Wildman–Crippen MR) is 90.9 cm³/mol. The normalized spacial score (nSPS) is 23.9. The van der Waals surface area contributed by atoms with Crippen LogP contribution in [0.5, 0.6) is 5.75 Å². The Kier molecular flexibility index (Phi) is 7.05. The topological polar surface area (TPSA) is 92.2 Å². The number of hydrogen-bond acceptors (Lipinski definition) is 5. The number of urea groups is 1. The molecule has 1 aromatic heterocycles. The summed E-state index contributed by atoms with van der Waals surface area (Å²) in [6.07, 6.45) is 0.0776. The molecule has 3 rings (SSSR count). The molecular weight excluding hydrogens is 383 g/mol. The number of hydrogen-bond donors (Lipinski definition) is 1. The van der Waals surface area contributed by atoms with Gasteiger partial charge in [0, 0.05) is 26.8 Å². The first-order valence-electron chi connectivity index (χ1n) is 8.57. The lowest BCUT2D eigenvalue weighted by atomic mass is 10.1. The standard InChI is InChI=1S/C15H21N3O3.C2HF3O2/c1-17(2)15(19)18-8-9-20-14-12(18)5-6-13(14)21-11-4-3-7-16-10-11;3-2(4,5)1(6)7/h3-4,7,10,12-14H,5-6,8-9H2,1-2H3;(H,6,7)/t12-,13-,14+;/m0./s1. The monoisotopic (exact) mass is 405 g/mol. The van der Waals surface area contributed by atoms with Crippen LogP contribution in [0.2, 0.25) is 0 Å². The number of amides is 2. The van der Waals surface area contributed by atoms with Gasteiger partial charge in [-0.3, -0.25) is 4.98 Å². The zero-order chi connectivity index (χ0) is 20.9. The molecule has 3 atom stereocenters. The molecule has 2 heterocycles. The van der Waals surface area contributed by atoms with Gasteiger partial charge in [-0.25, -0.2) is 9.59 Å². The number of fused-ring (bicyclic) bond motifs is 1. The van der Waals surface area contributed by atoms with Crippen molar-refractivity contribution in [1.82, 2.24) is 14.8 Å². The van der Waals surface area contributed by atoms with Gasteiger partial charge in [0.05, 0.1) is 18.8 Å². The van der Waals surface area contributed by atoms with E-state index < -0.39 is 12.1 Å². The number of aromatic nitrogens is 1. The van der Waals surface area contributed by atoms with Crippen molar-refractivity contribution in [3.8, 4) is 5.75 Å². The molecule has 1 aromatic rings. The van der Waals surface area contributed by atoms with Crippen LogP contribution in [0.15, 0.2) is 24.5 Å². The molecule has 11 heteroatoms. The third kappa shape index (κ3) is 5.47. The van der Waals surface area contributed by atoms with Crippen molar-refractivity contribution in [2.75, 3.05) is 27.2 Å². The fourth-order valence-corrected chi connectivity index (χ4v) is 3.13. The Morgan fingerprint density at radius 1 is 1.36 bits per heavy atom. The van der Waals surface area contributed by atoms with E-state index in [0.717, 1.165) is 18.6 Å². The number of carbonyl (C=O) groups excluding carboxylic acids is 1. The van der Waals surface area contributed by atoms with E-state index in [1.54, 1.807) is 31.4 Å². The number of alkyl halides is 3. The van der Waals surface area contributed by atoms with E-state index in [2.05, 4.69) is 4.98 Å². The lowest BCUT2D eigenvalue weighted by Crippen LogP contribution is -2.56. The molecule has 156 valence electrons. The summed E-state index contributed by atoms with van der Waals surface area (Å²) in [5, 5.41) is 7.12. The first-order chi connectivity index (χ1) is 13.1. The van der Waals surface area contributed by atoms with Crippen molar-refractivity contribution < 1.29 is 37.3 Å². The van der Waals surface area contributed by atoms with Crippen molar-refractivity contribution in [2.45, 2.75) is 37.3 Å². The molecule has 28 heavy (non-hydrogen) atoms. The van der Waals surface area contributed by atoms with Crippen LogP contribution < -0.4 is 4.74 Å². The summed E-state index contributed by atoms with van der Waals surface area (Å²) < 4.78 is 43.6. The van der Waals surface area contributed by atoms with Gasteiger partial charge in [0.1, 0.15) is 18.0 Å². The molecule has 1 saturated carbocycles. The molecule has 1 aliphatic heterocycles. The average Bonchev–Trinajstić information content (AvgIpc) is 3.04. The van der Waals surface area contributed by atoms with Crippen molar-refractivity contribution in [3.05, 3.63) is 24.5 Å². The zero-order valence-corrected chi connectivity index (χ0v) is 15.4. The van der Waals surface area contributed by atoms with Gasteiger partial charge in [-0.2, -0.15) is 13.2 Å². The first-order valence-corrected chi connectivity index (χ1v) is 8.57. The maximum Gasteiger partial charge on any atom is 0.490 e. The number of nitrogens with zero attached hydrogens (tertiary/aromatic N) is 3. The number of carboxylic acids is 1. The number of halogens is 3. The molecule has 0 spiro atoms. The third-order valence-corrected chi connectivity index (χ3v) is 4.33. The highest BCUT2D eigenvalue weighted by molar-refractivity contribution is 5.74. The van der Waals surface area contributed by atoms with Crippen molar-refractivity contribution in [1.29, 1.82) is 0 Å². The number of morpholine rings is 1. The van der Waals surface area contributed by atoms with E-state index in [9.17, 15) is 18.0 Å². The summed E-state index contributed by atoms with van der Waals surface area (Å²) in [5.41, 5.74) is 0. The third-order valence-electron chi connectivity index (χ3n) is 4.33. The van der Waals surface area contributed by atoms with E-state index in [1.165, 1.54) is 0 Å². The smallest absolute Gasteiger partial charge is 0.486 e. The minimum atomic E-state index is -5.08. The van der Waals surface area contributed by atoms with Gasteiger partial charge in [0.15, 0.2) is 0 Å². The molecule has 1 saturated heterocycles. The minimum absolute atomic E-state index is 0.0167. The highest BCUT2D eigenvalue weighted by Gasteiger charge is 2.46. The van der Waals surface area contributed by atoms with E-state index in [1.807, 2.05) is 17.0 Å². The van der Waals surface area contributed by atoms with Gasteiger partial charge >= 0.3 is 18.2 Å². The van der Waals surface area contributed by atoms with Gasteiger partial charge < -0.3 is 24.4 Å². The second kappa shape index (κ2) is 9.09. The molecule has 8 nitrogen and oxygen atoms in total. The number of carbonyl (C=O) groups is 2. The van der Waals surface area contributed by atoms with Gasteiger partial charge in [-0.1, -0.05) is 0 Å². The SMILES string of the molecule is CN(C)C(=O)N1CCO[C@H]2[C@@H](Oc3cccnc3)CC[C@@H]21.O=C(O)C(F)(F)F. The zero-order valence-electron chi connectivity index (χ0n) is 15.4. The van der Waals surface area contributed by atoms with Gasteiger partial charge in [-0.15, -0.1) is 0 Å². The summed E-state index contributed by atoms with van der Waals surface area (Å²) in [6.45, 7) is 1.21. The van der Waals surface area contributed by atoms with Crippen LogP contribution in [0, 0.1) is 0 Å². The predicted octanol–water partition coefficient (Wildman–Crippen LogP) is 2.01. The Bertz CT molecular complexity index is 672. The maximum absolute atomic E-state index is 12.3. The molecule has 2 fully saturated rings. The number of pyridine rings is 1. The van der Waals surface area contributed by atoms with Crippen molar-refractivity contribution >= 4 is 12.0 Å². The highest BCUT2D eigenvalue weighted by Crippen LogP contribution is 2.33. The quantitative estimate of drug-likeness (QED) is 0.809. The van der Waals surface area contributed by atoms with E-state index in [-0.39, 0.29) is 24.3 Å². The fourth-order valence-electron chi connectivity index (χ4n) is 3.13. The summed E-state index contributed by atoms with van der Waals surface area (Å²) in [5.74, 6) is -2.00. The molecule has 1 N–H and O–H groups in total. The van der Waals surface area contributed by atoms with E-state index >= 15 is 0 Å². The molecule has 0 unspecified atom stereocenters. The molecule has 2 amide bonds. The van der Waals surface area contributed by atoms with Gasteiger partial charge in [0.2, 0.25) is 0 Å². The summed E-state index contributed by atoms with van der Waals surface area (Å²) in [4.78, 5) is 28.7. The Labute approximate surface area is 159 Å². The minimum Gasteiger partial charge on any atom is -0.486 e. The second-order valence-corrected chi connectivity index (χ2v) is 6.50. The van der Waals surface area contributed by atoms with E-state index in [0.29, 0.717) is 13.2 Å². The summed E-state index contributed by atoms with van der Waals surface area (Å²) in [6, 6.07) is 3.91. The lowest BCUT2D eigenvalue weighted by Gasteiger charge is -2.40. The van der Waals surface area contributed by atoms with Crippen molar-refractivity contribution in [2.24, 2.45) is 0 Å². The molecule has 0 aromatic carbocycles. The lowest BCUT2D eigenvalue weighted by molar-refractivity contribution is -0.192. The van der Waals surface area contributed by atoms with Crippen LogP contribution in [0.25, 0.3) is 0 Å². The van der Waals surface area contributed by atoms with Crippen LogP contribution in [0.1, 0.15) is 12.8 Å². The van der Waals surface area contributed by atoms with Crippen LogP contribution in [-0.2, 0) is 9.53 Å². The summed E-state index contributed by atoms with van der Waals surface area (Å²) in [7, 11) is 3.57. The Hall–Kier alpha value is -2.56. The van der Waals surface area contributed by atoms with Crippen molar-refractivity contribution in [3.63, 3.8) is 0 Å². The molecule has 2 aliphatic rings. The van der Waals surface area contributed by atoms with Gasteiger partial charge in [-0.05, 0) is 25.0 Å². The molecular formula is C17H22F3N3O5. The second-order valence-electron chi connectivity index (χ2n) is 6.50. The Morgan fingerprint density at radius 3 is 2.57 bits per heavy atom. The maximum atomic E-state index is 12.3. The van der Waals surface area contributed by atoms with E-state index in [4.69, 9.17) is 19.4 Å². The van der Waals surface area contributed by atoms with Crippen LogP contribution in [-0.4, -0.2) is 83.6 Å². The number of aliphatic carboxylic acids is 1. The van der Waals surface area contributed by atoms with Crippen LogP contribution in [0.3, 0.4) is 0 Å². The largest absolute Gasteiger partial charge is 0.490 e. The summed E-state index contributed by atoms with van der Waals surface area (Å²) >= 11 is 0. The van der Waals surface area contributed by atoms with Gasteiger partial charge in [0.25, 0.3) is 0 Å². The highest BCUT2D eigenvalue weighted by atomic mass is 19.4. The van der Waals surface area contributed by atoms with Crippen LogP contribution in [0.4, 0.5) is 18.0 Å². The molecule has 1 aliphatic carbocycles. The average molecular weight is 405 g/mol. The molecule has 0 radical (unpaired) electrons. The Balaban J connectivity index is 0.000000345. The van der Waals surface area contributed by atoms with Crippen LogP contribution >= 0.6 is 0 Å².